The van der Waals surface area contributed by atoms with Gasteiger partial charge in [0.1, 0.15) is 5.82 Å². The number of halogens is 1. The van der Waals surface area contributed by atoms with Gasteiger partial charge in [0.2, 0.25) is 0 Å². The Balaban J connectivity index is 1.51. The summed E-state index contributed by atoms with van der Waals surface area (Å²) < 4.78 is 25.8. The molecule has 8 heteroatoms. The molecule has 2 aromatic carbocycles. The Morgan fingerprint density at radius 2 is 1.64 bits per heavy atom. The van der Waals surface area contributed by atoms with Crippen LogP contribution in [0.5, 0.6) is 0 Å². The maximum absolute atomic E-state index is 13.6. The molecule has 0 bridgehead atoms. The summed E-state index contributed by atoms with van der Waals surface area (Å²) in [4.78, 5) is 22.5. The number of aliphatic carboxylic acids is 1. The first-order chi connectivity index (χ1) is 22.2. The molecular weight excluding hydrogens is 593 g/mol. The van der Waals surface area contributed by atoms with Gasteiger partial charge in [-0.15, -0.1) is 0 Å². The molecule has 2 saturated heterocycles. The zero-order chi connectivity index (χ0) is 33.9. The summed E-state index contributed by atoms with van der Waals surface area (Å²) in [6.07, 6.45) is 3.20. The van der Waals surface area contributed by atoms with Crippen molar-refractivity contribution in [3.63, 3.8) is 0 Å². The van der Waals surface area contributed by atoms with Crippen LogP contribution in [0, 0.1) is 25.1 Å². The molecule has 0 aliphatic carbocycles. The Morgan fingerprint density at radius 3 is 2.17 bits per heavy atom. The highest BCUT2D eigenvalue weighted by Crippen LogP contribution is 2.45. The molecule has 2 aliphatic rings. The fourth-order valence-corrected chi connectivity index (χ4v) is 6.90. The topological polar surface area (TPSA) is 75.1 Å². The van der Waals surface area contributed by atoms with Gasteiger partial charge in [0.25, 0.3) is 0 Å². The van der Waals surface area contributed by atoms with E-state index < -0.39 is 17.7 Å². The quantitative estimate of drug-likeness (QED) is 0.225. The number of carboxylic acids is 1. The molecule has 2 unspecified atom stereocenters. The van der Waals surface area contributed by atoms with Gasteiger partial charge in [-0.1, -0.05) is 50.2 Å². The molecular formula is C39H52FN3O4. The molecule has 3 aromatic rings. The number of carbonyl (C=O) groups is 1. The molecule has 0 amide bonds. The van der Waals surface area contributed by atoms with Crippen molar-refractivity contribution in [3.8, 4) is 11.1 Å². The Morgan fingerprint density at radius 1 is 1.04 bits per heavy atom. The van der Waals surface area contributed by atoms with E-state index in [9.17, 15) is 14.3 Å². The van der Waals surface area contributed by atoms with Crippen LogP contribution >= 0.6 is 0 Å². The van der Waals surface area contributed by atoms with Crippen LogP contribution in [0.4, 0.5) is 10.1 Å². The Bertz CT molecular complexity index is 1520. The number of carboxylic acid groups (broad SMARTS) is 1. The van der Waals surface area contributed by atoms with Gasteiger partial charge < -0.3 is 19.5 Å². The van der Waals surface area contributed by atoms with Crippen molar-refractivity contribution >= 4 is 11.7 Å². The van der Waals surface area contributed by atoms with Gasteiger partial charge >= 0.3 is 5.97 Å². The van der Waals surface area contributed by atoms with Crippen molar-refractivity contribution in [1.29, 1.82) is 0 Å². The van der Waals surface area contributed by atoms with Gasteiger partial charge in [0, 0.05) is 61.8 Å². The smallest absolute Gasteiger partial charge is 0.337 e. The molecule has 2 aliphatic heterocycles. The van der Waals surface area contributed by atoms with E-state index in [0.29, 0.717) is 17.8 Å². The summed E-state index contributed by atoms with van der Waals surface area (Å²) in [6, 6.07) is 15.3. The van der Waals surface area contributed by atoms with Crippen LogP contribution in [0.15, 0.2) is 48.5 Å². The molecule has 2 atom stereocenters. The molecule has 0 spiro atoms. The molecule has 254 valence electrons. The number of nitrogens with zero attached hydrogens (tertiary/aromatic N) is 3. The van der Waals surface area contributed by atoms with E-state index in [0.717, 1.165) is 92.1 Å². The Labute approximate surface area is 280 Å². The molecule has 1 aromatic heterocycles. The third-order valence-corrected chi connectivity index (χ3v) is 9.42. The predicted octanol–water partition coefficient (Wildman–Crippen LogP) is 8.25. The summed E-state index contributed by atoms with van der Waals surface area (Å²) >= 11 is 0. The van der Waals surface area contributed by atoms with Gasteiger partial charge in [0.15, 0.2) is 6.10 Å². The van der Waals surface area contributed by atoms with Crippen LogP contribution < -0.4 is 4.90 Å². The standard InChI is InChI=1S/C39H52FN3O4/c1-26-33(35(43-20-18-39(6,7)19-21-43)34(27(2)41-26)36(37(44)45)47-38(3,4)5)30-14-10-28(11-15-30)23-42(25-32-9-8-22-46-32)24-29-12-16-31(40)17-13-29/h10-17,32,36H,8-9,18-25H2,1-7H3,(H,44,45). The Hall–Kier alpha value is -3.33. The summed E-state index contributed by atoms with van der Waals surface area (Å²) in [6.45, 7) is 18.9. The summed E-state index contributed by atoms with van der Waals surface area (Å²) in [5.41, 5.74) is 6.87. The average molecular weight is 646 g/mol. The number of rotatable bonds is 11. The number of aryl methyl sites for hydroxylation is 2. The monoisotopic (exact) mass is 645 g/mol. The second kappa shape index (κ2) is 14.4. The van der Waals surface area contributed by atoms with Crippen LogP contribution in [-0.4, -0.2) is 58.9 Å². The van der Waals surface area contributed by atoms with Crippen molar-refractivity contribution in [2.75, 3.05) is 31.1 Å². The molecule has 1 N–H and O–H groups in total. The van der Waals surface area contributed by atoms with E-state index in [2.05, 4.69) is 47.9 Å². The van der Waals surface area contributed by atoms with E-state index in [1.54, 1.807) is 0 Å². The fraction of sp³-hybridized carbons (Fsp3) is 0.538. The lowest BCUT2D eigenvalue weighted by molar-refractivity contribution is -0.160. The van der Waals surface area contributed by atoms with Crippen molar-refractivity contribution in [2.24, 2.45) is 5.41 Å². The van der Waals surface area contributed by atoms with Crippen LogP contribution in [0.1, 0.15) is 94.5 Å². The highest BCUT2D eigenvalue weighted by Gasteiger charge is 2.36. The van der Waals surface area contributed by atoms with Gasteiger partial charge in [-0.05, 0) is 94.5 Å². The lowest BCUT2D eigenvalue weighted by Crippen LogP contribution is -2.39. The van der Waals surface area contributed by atoms with E-state index in [-0.39, 0.29) is 17.3 Å². The largest absolute Gasteiger partial charge is 0.479 e. The Kier molecular flexibility index (Phi) is 10.7. The number of piperidine rings is 1. The van der Waals surface area contributed by atoms with Crippen LogP contribution in [-0.2, 0) is 27.4 Å². The number of pyridine rings is 1. The number of hydrogen-bond acceptors (Lipinski definition) is 6. The lowest BCUT2D eigenvalue weighted by atomic mass is 9.81. The summed E-state index contributed by atoms with van der Waals surface area (Å²) in [7, 11) is 0. The lowest BCUT2D eigenvalue weighted by Gasteiger charge is -2.41. The van der Waals surface area contributed by atoms with E-state index in [1.807, 2.05) is 46.8 Å². The molecule has 47 heavy (non-hydrogen) atoms. The van der Waals surface area contributed by atoms with E-state index >= 15 is 0 Å². The second-order valence-corrected chi connectivity index (χ2v) is 15.1. The van der Waals surface area contributed by atoms with Crippen molar-refractivity contribution in [3.05, 3.63) is 82.4 Å². The maximum Gasteiger partial charge on any atom is 0.337 e. The number of aromatic nitrogens is 1. The number of anilines is 1. The minimum atomic E-state index is -1.15. The maximum atomic E-state index is 13.6. The van der Waals surface area contributed by atoms with Crippen LogP contribution in [0.25, 0.3) is 11.1 Å². The molecule has 3 heterocycles. The van der Waals surface area contributed by atoms with Crippen LogP contribution in [0.2, 0.25) is 0 Å². The first-order valence-electron chi connectivity index (χ1n) is 17.0. The van der Waals surface area contributed by atoms with Gasteiger partial charge in [-0.2, -0.15) is 0 Å². The second-order valence-electron chi connectivity index (χ2n) is 15.1. The average Bonchev–Trinajstić information content (AvgIpc) is 3.50. The third-order valence-electron chi connectivity index (χ3n) is 9.42. The summed E-state index contributed by atoms with van der Waals surface area (Å²) in [5.74, 6) is -1.24. The third kappa shape index (κ3) is 8.98. The number of benzene rings is 2. The SMILES string of the molecule is Cc1nc(C)c(C(OC(C)(C)C)C(=O)O)c(N2CCC(C)(C)CC2)c1-c1ccc(CN(Cc2ccc(F)cc2)CC2CCCO2)cc1. The van der Waals surface area contributed by atoms with Gasteiger partial charge in [-0.25, -0.2) is 9.18 Å². The highest BCUT2D eigenvalue weighted by molar-refractivity contribution is 5.88. The molecule has 2 fully saturated rings. The van der Waals surface area contributed by atoms with Crippen LogP contribution in [0.3, 0.4) is 0 Å². The molecule has 5 rings (SSSR count). The summed E-state index contributed by atoms with van der Waals surface area (Å²) in [5, 5.41) is 10.5. The zero-order valence-electron chi connectivity index (χ0n) is 29.2. The first-order valence-corrected chi connectivity index (χ1v) is 17.0. The number of ether oxygens (including phenoxy) is 2. The normalized spacial score (nSPS) is 18.9. The van der Waals surface area contributed by atoms with E-state index in [4.69, 9.17) is 14.5 Å². The molecule has 0 saturated carbocycles. The minimum absolute atomic E-state index is 0.198. The fourth-order valence-electron chi connectivity index (χ4n) is 6.90. The molecule has 7 nitrogen and oxygen atoms in total. The minimum Gasteiger partial charge on any atom is -0.479 e. The van der Waals surface area contributed by atoms with Crippen molar-refractivity contribution in [1.82, 2.24) is 9.88 Å². The highest BCUT2D eigenvalue weighted by atomic mass is 19.1. The van der Waals surface area contributed by atoms with Gasteiger partial charge in [0.05, 0.1) is 17.4 Å². The van der Waals surface area contributed by atoms with Crippen molar-refractivity contribution in [2.45, 2.75) is 105 Å². The first kappa shape index (κ1) is 35.0. The van der Waals surface area contributed by atoms with E-state index in [1.165, 1.54) is 12.1 Å². The van der Waals surface area contributed by atoms with Gasteiger partial charge in [-0.3, -0.25) is 9.88 Å². The zero-order valence-corrected chi connectivity index (χ0v) is 29.2. The predicted molar refractivity (Wildman–Crippen MR) is 185 cm³/mol. The van der Waals surface area contributed by atoms with Crippen molar-refractivity contribution < 1.29 is 23.8 Å². The number of hydrogen-bond donors (Lipinski definition) is 1. The molecule has 0 radical (unpaired) electrons.